The minimum atomic E-state index is -0.609. The maximum absolute atomic E-state index is 10.6. The Morgan fingerprint density at radius 3 is 2.33 bits per heavy atom. The number of nitrogens with two attached hydrogens (primary N) is 1. The van der Waals surface area contributed by atoms with Gasteiger partial charge in [0.15, 0.2) is 6.79 Å². The number of ether oxygens (including phenoxy) is 2. The minimum absolute atomic E-state index is 0.383. The predicted octanol–water partition coefficient (Wildman–Crippen LogP) is -1.02. The first-order valence-corrected chi connectivity index (χ1v) is 5.24. The average molecular weight is 258 g/mol. The van der Waals surface area contributed by atoms with Gasteiger partial charge in [-0.15, -0.1) is 0 Å². The topological polar surface area (TPSA) is 102 Å². The van der Waals surface area contributed by atoms with Crippen molar-refractivity contribution in [1.29, 1.82) is 0 Å². The molecule has 0 radical (unpaired) electrons. The fourth-order valence-corrected chi connectivity index (χ4v) is 1.11. The van der Waals surface area contributed by atoms with Crippen LogP contribution in [-0.2, 0) is 19.1 Å². The van der Waals surface area contributed by atoms with Crippen molar-refractivity contribution in [2.24, 2.45) is 5.73 Å². The number of primary amides is 1. The van der Waals surface area contributed by atoms with Gasteiger partial charge >= 0.3 is 5.97 Å². The third-order valence-electron chi connectivity index (χ3n) is 2.05. The van der Waals surface area contributed by atoms with Crippen LogP contribution in [0.3, 0.4) is 0 Å². The van der Waals surface area contributed by atoms with E-state index in [1.165, 1.54) is 0 Å². The van der Waals surface area contributed by atoms with Gasteiger partial charge in [-0.25, -0.2) is 4.79 Å². The lowest BCUT2D eigenvalue weighted by molar-refractivity contribution is -0.145. The molecule has 3 N–H and O–H groups in total. The first kappa shape index (κ1) is 16.1. The summed E-state index contributed by atoms with van der Waals surface area (Å²) < 4.78 is 9.08. The van der Waals surface area contributed by atoms with Gasteiger partial charge in [0, 0.05) is 19.2 Å². The molecular weight excluding hydrogens is 240 g/mol. The van der Waals surface area contributed by atoms with Gasteiger partial charge in [0.1, 0.15) is 0 Å². The second kappa shape index (κ2) is 9.20. The van der Waals surface area contributed by atoms with Gasteiger partial charge in [0.25, 0.3) is 5.91 Å². The molecule has 1 rings (SSSR count). The molecular formula is C11H18N2O5. The molecule has 1 heterocycles. The number of carbonyl (C=O) groups excluding carboxylic acids is 2. The molecule has 0 aromatic heterocycles. The van der Waals surface area contributed by atoms with Gasteiger partial charge in [-0.1, -0.05) is 13.2 Å². The number of amides is 1. The van der Waals surface area contributed by atoms with Crippen molar-refractivity contribution in [1.82, 2.24) is 4.90 Å². The Bertz CT molecular complexity index is 311. The van der Waals surface area contributed by atoms with E-state index in [1.54, 1.807) is 0 Å². The van der Waals surface area contributed by atoms with Crippen molar-refractivity contribution < 1.29 is 24.2 Å². The van der Waals surface area contributed by atoms with Gasteiger partial charge in [-0.2, -0.15) is 0 Å². The van der Waals surface area contributed by atoms with Crippen LogP contribution in [0.5, 0.6) is 0 Å². The molecule has 0 atom stereocenters. The lowest BCUT2D eigenvalue weighted by Crippen LogP contribution is -2.39. The van der Waals surface area contributed by atoms with Crippen LogP contribution in [0.15, 0.2) is 24.9 Å². The molecule has 18 heavy (non-hydrogen) atoms. The second-order valence-electron chi connectivity index (χ2n) is 3.21. The number of carbonyl (C=O) groups is 2. The zero-order valence-electron chi connectivity index (χ0n) is 10.1. The highest BCUT2D eigenvalue weighted by atomic mass is 16.6. The minimum Gasteiger partial charge on any atom is -0.436 e. The molecule has 0 unspecified atom stereocenters. The SMILES string of the molecule is C=C(C(N)=O)N1CCOCC1.C=CC(=O)OCO. The van der Waals surface area contributed by atoms with Gasteiger partial charge in [-0.05, 0) is 0 Å². The van der Waals surface area contributed by atoms with Crippen molar-refractivity contribution in [3.63, 3.8) is 0 Å². The Morgan fingerprint density at radius 2 is 2.00 bits per heavy atom. The number of nitrogens with zero attached hydrogens (tertiary/aromatic N) is 1. The normalized spacial score (nSPS) is 13.9. The zero-order chi connectivity index (χ0) is 14.0. The first-order valence-electron chi connectivity index (χ1n) is 5.24. The lowest BCUT2D eigenvalue weighted by atomic mass is 10.3. The fourth-order valence-electron chi connectivity index (χ4n) is 1.11. The molecule has 1 fully saturated rings. The summed E-state index contributed by atoms with van der Waals surface area (Å²) in [4.78, 5) is 22.4. The highest BCUT2D eigenvalue weighted by molar-refractivity contribution is 5.90. The van der Waals surface area contributed by atoms with E-state index in [-0.39, 0.29) is 0 Å². The van der Waals surface area contributed by atoms with E-state index >= 15 is 0 Å². The Morgan fingerprint density at radius 1 is 1.44 bits per heavy atom. The van der Waals surface area contributed by atoms with Crippen LogP contribution in [0.1, 0.15) is 0 Å². The molecule has 0 aromatic carbocycles. The van der Waals surface area contributed by atoms with Gasteiger partial charge in [0.05, 0.1) is 18.9 Å². The van der Waals surface area contributed by atoms with Crippen molar-refractivity contribution in [3.8, 4) is 0 Å². The first-order chi connectivity index (χ1) is 8.52. The quantitative estimate of drug-likeness (QED) is 0.380. The van der Waals surface area contributed by atoms with Gasteiger partial charge in [-0.3, -0.25) is 4.79 Å². The van der Waals surface area contributed by atoms with Crippen LogP contribution in [0.25, 0.3) is 0 Å². The highest BCUT2D eigenvalue weighted by Crippen LogP contribution is 2.03. The van der Waals surface area contributed by atoms with Crippen LogP contribution >= 0.6 is 0 Å². The molecule has 0 saturated carbocycles. The lowest BCUT2D eigenvalue weighted by Gasteiger charge is -2.28. The summed E-state index contributed by atoms with van der Waals surface area (Å²) >= 11 is 0. The summed E-state index contributed by atoms with van der Waals surface area (Å²) in [7, 11) is 0. The Labute approximate surface area is 105 Å². The average Bonchev–Trinajstić information content (AvgIpc) is 2.39. The molecule has 0 aromatic rings. The maximum atomic E-state index is 10.6. The molecule has 102 valence electrons. The molecule has 1 amide bonds. The van der Waals surface area contributed by atoms with E-state index in [9.17, 15) is 9.59 Å². The molecule has 1 aliphatic heterocycles. The summed E-state index contributed by atoms with van der Waals surface area (Å²) in [6, 6.07) is 0. The summed E-state index contributed by atoms with van der Waals surface area (Å²) in [6.45, 7) is 8.80. The highest BCUT2D eigenvalue weighted by Gasteiger charge is 2.14. The molecule has 0 bridgehead atoms. The molecule has 0 spiro atoms. The van der Waals surface area contributed by atoms with Crippen molar-refractivity contribution >= 4 is 11.9 Å². The van der Waals surface area contributed by atoms with Gasteiger partial charge < -0.3 is 25.2 Å². The third kappa shape index (κ3) is 6.66. The van der Waals surface area contributed by atoms with E-state index in [1.807, 2.05) is 4.90 Å². The number of aliphatic hydroxyl groups is 1. The summed E-state index contributed by atoms with van der Waals surface area (Å²) in [6.07, 6.45) is 0.982. The number of hydrogen-bond donors (Lipinski definition) is 2. The predicted molar refractivity (Wildman–Crippen MR) is 64.1 cm³/mol. The smallest absolute Gasteiger partial charge is 0.332 e. The standard InChI is InChI=1S/C7H12N2O2.C4H6O3/c1-6(7(8)10)9-2-4-11-5-3-9;1-2-4(6)7-3-5/h1-5H2,(H2,8,10);2,5H,1,3H2. The Balaban J connectivity index is 0.000000360. The number of hydrogen-bond acceptors (Lipinski definition) is 6. The van der Waals surface area contributed by atoms with E-state index in [0.29, 0.717) is 32.0 Å². The maximum Gasteiger partial charge on any atom is 0.332 e. The fraction of sp³-hybridized carbons (Fsp3) is 0.455. The van der Waals surface area contributed by atoms with E-state index in [2.05, 4.69) is 17.9 Å². The van der Waals surface area contributed by atoms with Crippen LogP contribution in [0, 0.1) is 0 Å². The number of rotatable bonds is 4. The summed E-state index contributed by atoms with van der Waals surface area (Å²) in [5, 5.41) is 7.88. The molecule has 0 aliphatic carbocycles. The van der Waals surface area contributed by atoms with Crippen molar-refractivity contribution in [2.75, 3.05) is 33.1 Å². The number of aliphatic hydroxyl groups excluding tert-OH is 1. The number of morpholine rings is 1. The summed E-state index contributed by atoms with van der Waals surface area (Å²) in [5.74, 6) is -1.06. The second-order valence-corrected chi connectivity index (χ2v) is 3.21. The molecule has 7 nitrogen and oxygen atoms in total. The molecule has 7 heteroatoms. The Hall–Kier alpha value is -1.86. The zero-order valence-corrected chi connectivity index (χ0v) is 10.1. The molecule has 1 saturated heterocycles. The number of esters is 1. The third-order valence-corrected chi connectivity index (χ3v) is 2.05. The van der Waals surface area contributed by atoms with E-state index < -0.39 is 18.7 Å². The van der Waals surface area contributed by atoms with Gasteiger partial charge in [0.2, 0.25) is 0 Å². The van der Waals surface area contributed by atoms with E-state index in [4.69, 9.17) is 15.6 Å². The van der Waals surface area contributed by atoms with Crippen LogP contribution < -0.4 is 5.73 Å². The van der Waals surface area contributed by atoms with E-state index in [0.717, 1.165) is 6.08 Å². The van der Waals surface area contributed by atoms with Crippen molar-refractivity contribution in [3.05, 3.63) is 24.9 Å². The Kier molecular flexibility index (Phi) is 8.25. The summed E-state index contributed by atoms with van der Waals surface area (Å²) in [5.41, 5.74) is 5.43. The van der Waals surface area contributed by atoms with Crippen LogP contribution in [0.4, 0.5) is 0 Å². The monoisotopic (exact) mass is 258 g/mol. The van der Waals surface area contributed by atoms with Crippen LogP contribution in [0.2, 0.25) is 0 Å². The largest absolute Gasteiger partial charge is 0.436 e. The van der Waals surface area contributed by atoms with Crippen molar-refractivity contribution in [2.45, 2.75) is 0 Å². The molecule has 1 aliphatic rings. The van der Waals surface area contributed by atoms with Crippen LogP contribution in [-0.4, -0.2) is 55.0 Å².